The highest BCUT2D eigenvalue weighted by atomic mass is 32.2. The Kier molecular flexibility index (Phi) is 6.31. The monoisotopic (exact) mass is 316 g/mol. The van der Waals surface area contributed by atoms with Gasteiger partial charge in [0.25, 0.3) is 0 Å². The molecule has 0 saturated heterocycles. The van der Waals surface area contributed by atoms with Gasteiger partial charge in [-0.15, -0.1) is 0 Å². The number of hydrogen-bond donors (Lipinski definition) is 2. The van der Waals surface area contributed by atoms with Crippen LogP contribution in [0.5, 0.6) is 0 Å². The summed E-state index contributed by atoms with van der Waals surface area (Å²) in [5.41, 5.74) is 0.563. The van der Waals surface area contributed by atoms with Crippen molar-refractivity contribution in [2.45, 2.75) is 58.1 Å². The van der Waals surface area contributed by atoms with E-state index < -0.39 is 15.8 Å². The van der Waals surface area contributed by atoms with E-state index in [0.29, 0.717) is 12.1 Å². The van der Waals surface area contributed by atoms with Gasteiger partial charge in [-0.3, -0.25) is 0 Å². The van der Waals surface area contributed by atoms with E-state index in [4.69, 9.17) is 0 Å². The predicted molar refractivity (Wildman–Crippen MR) is 83.0 cm³/mol. The zero-order chi connectivity index (χ0) is 16.2. The van der Waals surface area contributed by atoms with Crippen LogP contribution in [-0.2, 0) is 16.6 Å². The molecule has 120 valence electrons. The van der Waals surface area contributed by atoms with Gasteiger partial charge in [0.2, 0.25) is 10.0 Å². The van der Waals surface area contributed by atoms with Crippen LogP contribution >= 0.6 is 0 Å². The molecule has 1 atom stereocenters. The highest BCUT2D eigenvalue weighted by Crippen LogP contribution is 2.19. The van der Waals surface area contributed by atoms with E-state index in [2.05, 4.69) is 10.0 Å². The van der Waals surface area contributed by atoms with Gasteiger partial charge in [0.05, 0.1) is 4.90 Å². The lowest BCUT2D eigenvalue weighted by Gasteiger charge is -2.19. The van der Waals surface area contributed by atoms with Gasteiger partial charge in [-0.25, -0.2) is 17.5 Å². The molecule has 0 saturated carbocycles. The fraction of sp³-hybridized carbons (Fsp3) is 0.600. The number of sulfonamides is 1. The molecule has 0 radical (unpaired) electrons. The molecule has 0 aliphatic rings. The maximum absolute atomic E-state index is 13.5. The second-order valence-electron chi connectivity index (χ2n) is 5.94. The van der Waals surface area contributed by atoms with Crippen molar-refractivity contribution in [3.63, 3.8) is 0 Å². The summed E-state index contributed by atoms with van der Waals surface area (Å²) in [6.45, 7) is 9.98. The number of benzene rings is 1. The summed E-state index contributed by atoms with van der Waals surface area (Å²) in [6, 6.07) is 3.87. The first-order valence-electron chi connectivity index (χ1n) is 7.17. The van der Waals surface area contributed by atoms with Gasteiger partial charge in [-0.05, 0) is 30.5 Å². The molecule has 1 aromatic carbocycles. The molecule has 0 heterocycles. The Morgan fingerprint density at radius 1 is 1.14 bits per heavy atom. The Morgan fingerprint density at radius 2 is 1.76 bits per heavy atom. The molecule has 0 spiro atoms. The first-order valence-corrected chi connectivity index (χ1v) is 8.66. The Morgan fingerprint density at radius 3 is 2.29 bits per heavy atom. The van der Waals surface area contributed by atoms with Crippen molar-refractivity contribution < 1.29 is 12.8 Å². The number of rotatable bonds is 7. The molecule has 1 unspecified atom stereocenters. The van der Waals surface area contributed by atoms with Crippen LogP contribution in [0.1, 0.15) is 40.2 Å². The fourth-order valence-corrected chi connectivity index (χ4v) is 3.32. The van der Waals surface area contributed by atoms with Crippen molar-refractivity contribution >= 4 is 10.0 Å². The average molecular weight is 316 g/mol. The van der Waals surface area contributed by atoms with Gasteiger partial charge in [0.1, 0.15) is 5.82 Å². The highest BCUT2D eigenvalue weighted by molar-refractivity contribution is 7.89. The lowest BCUT2D eigenvalue weighted by atomic mass is 10.1. The van der Waals surface area contributed by atoms with Crippen LogP contribution in [-0.4, -0.2) is 20.5 Å². The van der Waals surface area contributed by atoms with Crippen LogP contribution in [0.4, 0.5) is 4.39 Å². The van der Waals surface area contributed by atoms with Gasteiger partial charge in [0.15, 0.2) is 0 Å². The minimum Gasteiger partial charge on any atom is -0.310 e. The van der Waals surface area contributed by atoms with Crippen molar-refractivity contribution in [1.82, 2.24) is 10.0 Å². The maximum Gasteiger partial charge on any atom is 0.241 e. The maximum atomic E-state index is 13.5. The first-order chi connectivity index (χ1) is 9.63. The normalized spacial score (nSPS) is 13.9. The third-order valence-electron chi connectivity index (χ3n) is 3.36. The Bertz CT molecular complexity index is 571. The molecule has 0 bridgehead atoms. The van der Waals surface area contributed by atoms with E-state index in [1.807, 2.05) is 27.7 Å². The molecule has 1 aromatic rings. The van der Waals surface area contributed by atoms with Crippen molar-refractivity contribution in [3.05, 3.63) is 29.6 Å². The van der Waals surface area contributed by atoms with Crippen LogP contribution in [0.2, 0.25) is 0 Å². The Hall–Kier alpha value is -0.980. The highest BCUT2D eigenvalue weighted by Gasteiger charge is 2.22. The molecule has 0 aromatic heterocycles. The minimum absolute atomic E-state index is 0.00292. The molecule has 0 fully saturated rings. The zero-order valence-corrected chi connectivity index (χ0v) is 14.1. The van der Waals surface area contributed by atoms with E-state index in [0.717, 1.165) is 6.07 Å². The van der Waals surface area contributed by atoms with Crippen molar-refractivity contribution in [3.8, 4) is 0 Å². The quantitative estimate of drug-likeness (QED) is 0.813. The third kappa shape index (κ3) is 5.37. The third-order valence-corrected chi connectivity index (χ3v) is 5.00. The molecule has 6 heteroatoms. The summed E-state index contributed by atoms with van der Waals surface area (Å²) < 4.78 is 41.0. The summed E-state index contributed by atoms with van der Waals surface area (Å²) in [6.07, 6.45) is 0. The largest absolute Gasteiger partial charge is 0.310 e. The fourth-order valence-electron chi connectivity index (χ4n) is 1.68. The molecule has 0 amide bonds. The predicted octanol–water partition coefficient (Wildman–Crippen LogP) is 2.65. The molecular weight excluding hydrogens is 291 g/mol. The van der Waals surface area contributed by atoms with E-state index in [1.54, 1.807) is 6.92 Å². The lowest BCUT2D eigenvalue weighted by molar-refractivity contribution is 0.475. The average Bonchev–Trinajstić information content (AvgIpc) is 2.36. The van der Waals surface area contributed by atoms with Crippen LogP contribution < -0.4 is 10.0 Å². The number of hydrogen-bond acceptors (Lipinski definition) is 3. The summed E-state index contributed by atoms with van der Waals surface area (Å²) in [5.74, 6) is -0.397. The number of nitrogens with one attached hydrogen (secondary N) is 2. The van der Waals surface area contributed by atoms with E-state index in [1.165, 1.54) is 12.1 Å². The second kappa shape index (κ2) is 7.33. The van der Waals surface area contributed by atoms with Crippen molar-refractivity contribution in [1.29, 1.82) is 0 Å². The van der Waals surface area contributed by atoms with Crippen LogP contribution in [0.25, 0.3) is 0 Å². The lowest BCUT2D eigenvalue weighted by Crippen LogP contribution is -2.37. The summed E-state index contributed by atoms with van der Waals surface area (Å²) in [7, 11) is -3.74. The Labute approximate surface area is 127 Å². The molecule has 0 aliphatic carbocycles. The first kappa shape index (κ1) is 18.1. The van der Waals surface area contributed by atoms with Gasteiger partial charge < -0.3 is 5.32 Å². The van der Waals surface area contributed by atoms with Crippen molar-refractivity contribution in [2.75, 3.05) is 0 Å². The molecule has 4 nitrogen and oxygen atoms in total. The van der Waals surface area contributed by atoms with E-state index in [9.17, 15) is 12.8 Å². The number of halogens is 1. The van der Waals surface area contributed by atoms with E-state index >= 15 is 0 Å². The summed E-state index contributed by atoms with van der Waals surface area (Å²) in [4.78, 5) is 0.00292. The molecule has 0 aliphatic heterocycles. The van der Waals surface area contributed by atoms with Crippen LogP contribution in [0.15, 0.2) is 23.1 Å². The SMILES string of the molecule is CC(C)NCc1ccc(F)cc1S(=O)(=O)NC(C)C(C)C. The smallest absolute Gasteiger partial charge is 0.241 e. The topological polar surface area (TPSA) is 58.2 Å². The molecule has 21 heavy (non-hydrogen) atoms. The molecule has 2 N–H and O–H groups in total. The van der Waals surface area contributed by atoms with Gasteiger partial charge in [-0.2, -0.15) is 0 Å². The molecular formula is C15H25FN2O2S. The standard InChI is InChI=1S/C15H25FN2O2S/c1-10(2)12(5)18-21(19,20)15-8-14(16)7-6-13(15)9-17-11(3)4/h6-8,10-12,17-18H,9H2,1-5H3. The Balaban J connectivity index is 3.11. The zero-order valence-electron chi connectivity index (χ0n) is 13.3. The van der Waals surface area contributed by atoms with Gasteiger partial charge in [-0.1, -0.05) is 33.8 Å². The summed E-state index contributed by atoms with van der Waals surface area (Å²) >= 11 is 0. The van der Waals surface area contributed by atoms with Gasteiger partial charge in [0, 0.05) is 18.6 Å². The van der Waals surface area contributed by atoms with Gasteiger partial charge >= 0.3 is 0 Å². The van der Waals surface area contributed by atoms with Crippen LogP contribution in [0, 0.1) is 11.7 Å². The minimum atomic E-state index is -3.74. The second-order valence-corrected chi connectivity index (χ2v) is 7.62. The molecule has 1 rings (SSSR count). The summed E-state index contributed by atoms with van der Waals surface area (Å²) in [5, 5.41) is 3.16. The van der Waals surface area contributed by atoms with Crippen molar-refractivity contribution in [2.24, 2.45) is 5.92 Å². The van der Waals surface area contributed by atoms with E-state index in [-0.39, 0.29) is 22.9 Å². The van der Waals surface area contributed by atoms with Crippen LogP contribution in [0.3, 0.4) is 0 Å².